The maximum absolute atomic E-state index is 12.0. The van der Waals surface area contributed by atoms with Crippen LogP contribution in [0.5, 0.6) is 0 Å². The van der Waals surface area contributed by atoms with Crippen LogP contribution < -0.4 is 5.32 Å². The standard InChI is InChI=1S/C14H25NO5/c1-5-6-7-10(13(19)20-14(2,3)4)15-11(16)8-9-12(17)18/h10H,5-9H2,1-4H3,(H,15,16)(H,17,18). The molecule has 6 nitrogen and oxygen atoms in total. The van der Waals surface area contributed by atoms with Gasteiger partial charge in [-0.1, -0.05) is 19.8 Å². The van der Waals surface area contributed by atoms with Gasteiger partial charge < -0.3 is 15.2 Å². The largest absolute Gasteiger partial charge is 0.481 e. The summed E-state index contributed by atoms with van der Waals surface area (Å²) in [5, 5.41) is 11.1. The zero-order valence-corrected chi connectivity index (χ0v) is 12.7. The normalized spacial score (nSPS) is 12.6. The summed E-state index contributed by atoms with van der Waals surface area (Å²) in [5.74, 6) is -1.96. The lowest BCUT2D eigenvalue weighted by molar-refractivity contribution is -0.158. The summed E-state index contributed by atoms with van der Waals surface area (Å²) in [6, 6.07) is -0.713. The van der Waals surface area contributed by atoms with Gasteiger partial charge in [-0.3, -0.25) is 9.59 Å². The highest BCUT2D eigenvalue weighted by Crippen LogP contribution is 2.11. The van der Waals surface area contributed by atoms with Crippen molar-refractivity contribution in [2.24, 2.45) is 0 Å². The predicted molar refractivity (Wildman–Crippen MR) is 74.2 cm³/mol. The van der Waals surface area contributed by atoms with Gasteiger partial charge in [0.1, 0.15) is 11.6 Å². The van der Waals surface area contributed by atoms with Gasteiger partial charge in [-0.15, -0.1) is 0 Å². The fraction of sp³-hybridized carbons (Fsp3) is 0.786. The average molecular weight is 287 g/mol. The van der Waals surface area contributed by atoms with E-state index in [1.54, 1.807) is 20.8 Å². The number of ether oxygens (including phenoxy) is 1. The summed E-state index contributed by atoms with van der Waals surface area (Å²) in [5.41, 5.74) is -0.618. The van der Waals surface area contributed by atoms with E-state index in [0.717, 1.165) is 12.8 Å². The van der Waals surface area contributed by atoms with Gasteiger partial charge in [-0.05, 0) is 27.2 Å². The first kappa shape index (κ1) is 18.4. The minimum absolute atomic E-state index is 0.138. The highest BCUT2D eigenvalue weighted by Gasteiger charge is 2.26. The Morgan fingerprint density at radius 2 is 1.80 bits per heavy atom. The van der Waals surface area contributed by atoms with Crippen molar-refractivity contribution in [1.29, 1.82) is 0 Å². The van der Waals surface area contributed by atoms with E-state index in [0.29, 0.717) is 6.42 Å². The van der Waals surface area contributed by atoms with Gasteiger partial charge in [-0.25, -0.2) is 4.79 Å². The van der Waals surface area contributed by atoms with E-state index in [2.05, 4.69) is 5.32 Å². The number of rotatable bonds is 8. The van der Waals surface area contributed by atoms with Crippen LogP contribution in [0, 0.1) is 0 Å². The van der Waals surface area contributed by atoms with Crippen molar-refractivity contribution in [1.82, 2.24) is 5.32 Å². The van der Waals surface area contributed by atoms with Crippen LogP contribution in [0.25, 0.3) is 0 Å². The number of esters is 1. The van der Waals surface area contributed by atoms with Gasteiger partial charge in [0, 0.05) is 6.42 Å². The van der Waals surface area contributed by atoms with Gasteiger partial charge >= 0.3 is 11.9 Å². The summed E-state index contributed by atoms with van der Waals surface area (Å²) < 4.78 is 5.25. The van der Waals surface area contributed by atoms with Crippen LogP contribution >= 0.6 is 0 Å². The Morgan fingerprint density at radius 3 is 2.25 bits per heavy atom. The Hall–Kier alpha value is -1.59. The molecule has 0 spiro atoms. The van der Waals surface area contributed by atoms with Crippen LogP contribution in [-0.4, -0.2) is 34.6 Å². The second kappa shape index (κ2) is 8.55. The monoisotopic (exact) mass is 287 g/mol. The van der Waals surface area contributed by atoms with E-state index in [1.807, 2.05) is 6.92 Å². The molecule has 1 atom stereocenters. The molecule has 0 aliphatic heterocycles. The maximum Gasteiger partial charge on any atom is 0.329 e. The molecule has 0 rings (SSSR count). The third-order valence-electron chi connectivity index (χ3n) is 2.44. The van der Waals surface area contributed by atoms with Crippen molar-refractivity contribution in [3.63, 3.8) is 0 Å². The lowest BCUT2D eigenvalue weighted by atomic mass is 10.1. The topological polar surface area (TPSA) is 92.7 Å². The van der Waals surface area contributed by atoms with Crippen molar-refractivity contribution >= 4 is 17.8 Å². The molecule has 0 heterocycles. The van der Waals surface area contributed by atoms with Crippen LogP contribution in [0.2, 0.25) is 0 Å². The van der Waals surface area contributed by atoms with E-state index >= 15 is 0 Å². The maximum atomic E-state index is 12.0. The second-order valence-electron chi connectivity index (χ2n) is 5.69. The Labute approximate surface area is 119 Å². The molecule has 0 aromatic carbocycles. The molecule has 20 heavy (non-hydrogen) atoms. The number of hydrogen-bond donors (Lipinski definition) is 2. The van der Waals surface area contributed by atoms with Crippen LogP contribution in [0.15, 0.2) is 0 Å². The fourth-order valence-corrected chi connectivity index (χ4v) is 1.52. The molecule has 116 valence electrons. The van der Waals surface area contributed by atoms with Crippen LogP contribution in [0.4, 0.5) is 0 Å². The molecule has 0 saturated heterocycles. The molecule has 0 aromatic heterocycles. The first-order valence-electron chi connectivity index (χ1n) is 6.89. The third-order valence-corrected chi connectivity index (χ3v) is 2.44. The lowest BCUT2D eigenvalue weighted by Gasteiger charge is -2.24. The van der Waals surface area contributed by atoms with E-state index in [9.17, 15) is 14.4 Å². The van der Waals surface area contributed by atoms with Crippen LogP contribution in [-0.2, 0) is 19.1 Å². The number of carbonyl (C=O) groups excluding carboxylic acids is 2. The van der Waals surface area contributed by atoms with Gasteiger partial charge in [0.15, 0.2) is 0 Å². The molecule has 2 N–H and O–H groups in total. The van der Waals surface area contributed by atoms with E-state index in [1.165, 1.54) is 0 Å². The molecule has 1 unspecified atom stereocenters. The van der Waals surface area contributed by atoms with Crippen LogP contribution in [0.3, 0.4) is 0 Å². The van der Waals surface area contributed by atoms with E-state index in [4.69, 9.17) is 9.84 Å². The van der Waals surface area contributed by atoms with Crippen molar-refractivity contribution < 1.29 is 24.2 Å². The molecule has 0 saturated carbocycles. The zero-order valence-electron chi connectivity index (χ0n) is 12.7. The fourth-order valence-electron chi connectivity index (χ4n) is 1.52. The van der Waals surface area contributed by atoms with Crippen molar-refractivity contribution in [3.8, 4) is 0 Å². The molecule has 0 fully saturated rings. The lowest BCUT2D eigenvalue weighted by Crippen LogP contribution is -2.44. The number of nitrogens with one attached hydrogen (secondary N) is 1. The Balaban J connectivity index is 4.51. The zero-order chi connectivity index (χ0) is 15.8. The number of unbranched alkanes of at least 4 members (excludes halogenated alkanes) is 1. The van der Waals surface area contributed by atoms with Crippen molar-refractivity contribution in [2.75, 3.05) is 0 Å². The summed E-state index contributed by atoms with van der Waals surface area (Å²) >= 11 is 0. The van der Waals surface area contributed by atoms with Gasteiger partial charge in [-0.2, -0.15) is 0 Å². The van der Waals surface area contributed by atoms with Crippen LogP contribution in [0.1, 0.15) is 59.8 Å². The van der Waals surface area contributed by atoms with Crippen molar-refractivity contribution in [3.05, 3.63) is 0 Å². The highest BCUT2D eigenvalue weighted by molar-refractivity contribution is 5.86. The summed E-state index contributed by atoms with van der Waals surface area (Å²) in [7, 11) is 0. The quantitative estimate of drug-likeness (QED) is 0.665. The van der Waals surface area contributed by atoms with E-state index in [-0.39, 0.29) is 12.8 Å². The number of carbonyl (C=O) groups is 3. The van der Waals surface area contributed by atoms with Gasteiger partial charge in [0.25, 0.3) is 0 Å². The molecular formula is C14H25NO5. The number of carboxylic acid groups (broad SMARTS) is 1. The SMILES string of the molecule is CCCCC(NC(=O)CCC(=O)O)C(=O)OC(C)(C)C. The number of aliphatic carboxylic acids is 1. The number of amides is 1. The minimum atomic E-state index is -1.04. The van der Waals surface area contributed by atoms with Crippen molar-refractivity contribution in [2.45, 2.75) is 71.4 Å². The molecular weight excluding hydrogens is 262 g/mol. The number of hydrogen-bond acceptors (Lipinski definition) is 4. The molecule has 0 radical (unpaired) electrons. The molecule has 6 heteroatoms. The Morgan fingerprint density at radius 1 is 1.20 bits per heavy atom. The molecule has 0 aliphatic rings. The molecule has 1 amide bonds. The third kappa shape index (κ3) is 9.35. The summed E-state index contributed by atoms with van der Waals surface area (Å²) in [4.78, 5) is 34.0. The molecule has 0 aromatic rings. The Bertz CT molecular complexity index is 346. The highest BCUT2D eigenvalue weighted by atomic mass is 16.6. The second-order valence-corrected chi connectivity index (χ2v) is 5.69. The predicted octanol–water partition coefficient (Wildman–Crippen LogP) is 1.87. The summed E-state index contributed by atoms with van der Waals surface area (Å²) in [6.45, 7) is 7.26. The molecule has 0 bridgehead atoms. The van der Waals surface area contributed by atoms with Gasteiger partial charge in [0.05, 0.1) is 6.42 Å². The molecule has 0 aliphatic carbocycles. The van der Waals surface area contributed by atoms with Gasteiger partial charge in [0.2, 0.25) is 5.91 Å². The smallest absolute Gasteiger partial charge is 0.329 e. The van der Waals surface area contributed by atoms with E-state index < -0.39 is 29.5 Å². The number of carboxylic acids is 1. The first-order valence-corrected chi connectivity index (χ1v) is 6.89. The summed E-state index contributed by atoms with van der Waals surface area (Å²) in [6.07, 6.45) is 1.78. The average Bonchev–Trinajstić information content (AvgIpc) is 2.29. The first-order chi connectivity index (χ1) is 9.15. The Kier molecular flexibility index (Phi) is 7.87. The minimum Gasteiger partial charge on any atom is -0.481 e.